The smallest absolute Gasteiger partial charge is 0.379 e. The third kappa shape index (κ3) is 5.84. The molecule has 1 aliphatic heterocycles. The summed E-state index contributed by atoms with van der Waals surface area (Å²) in [6.45, 7) is 3.19. The largest absolute Gasteiger partial charge is 0.435 e. The van der Waals surface area contributed by atoms with E-state index in [1.807, 2.05) is 5.10 Å². The summed E-state index contributed by atoms with van der Waals surface area (Å²) in [6.07, 6.45) is -4.17. The number of fused-ring (bicyclic) bond motifs is 1. The van der Waals surface area contributed by atoms with Crippen LogP contribution in [0.3, 0.4) is 0 Å². The molecule has 0 aliphatic carbocycles. The maximum atomic E-state index is 13.4. The van der Waals surface area contributed by atoms with Crippen molar-refractivity contribution in [2.45, 2.75) is 32.0 Å². The van der Waals surface area contributed by atoms with Crippen LogP contribution in [0.5, 0.6) is 0 Å². The van der Waals surface area contributed by atoms with Gasteiger partial charge in [0, 0.05) is 38.6 Å². The lowest BCUT2D eigenvalue weighted by atomic mass is 10.2. The van der Waals surface area contributed by atoms with Crippen LogP contribution in [0.25, 0.3) is 10.9 Å². The summed E-state index contributed by atoms with van der Waals surface area (Å²) in [4.78, 5) is 35.8. The number of H-pyrrole nitrogens is 1. The number of aromatic nitrogens is 6. The van der Waals surface area contributed by atoms with Crippen molar-refractivity contribution in [3.8, 4) is 0 Å². The second-order valence-electron chi connectivity index (χ2n) is 8.41. The zero-order valence-electron chi connectivity index (χ0n) is 19.6. The van der Waals surface area contributed by atoms with E-state index in [2.05, 4.69) is 20.2 Å². The Labute approximate surface area is 206 Å². The van der Waals surface area contributed by atoms with Gasteiger partial charge in [0.1, 0.15) is 5.39 Å². The predicted molar refractivity (Wildman–Crippen MR) is 119 cm³/mol. The van der Waals surface area contributed by atoms with Crippen molar-refractivity contribution in [1.29, 1.82) is 0 Å². The summed E-state index contributed by atoms with van der Waals surface area (Å²) in [5, 5.41) is 8.52. The monoisotopic (exact) mass is 530 g/mol. The minimum absolute atomic E-state index is 0.0335. The van der Waals surface area contributed by atoms with E-state index in [4.69, 9.17) is 4.74 Å². The first-order chi connectivity index (χ1) is 17.6. The minimum Gasteiger partial charge on any atom is -0.379 e. The topological polar surface area (TPSA) is 122 Å². The van der Waals surface area contributed by atoms with Crippen LogP contribution in [0, 0.1) is 0 Å². The van der Waals surface area contributed by atoms with Crippen molar-refractivity contribution in [3.63, 3.8) is 0 Å². The SMILES string of the molecule is CC(COCCC(=O)N1CCN(c2ncc(C(F)F)cn2)CC1)n1nc(C(F)(F)F)c2c(=O)[nH]ncc21. The first kappa shape index (κ1) is 26.4. The lowest BCUT2D eigenvalue weighted by molar-refractivity contribution is -0.140. The summed E-state index contributed by atoms with van der Waals surface area (Å²) in [6, 6.07) is -0.669. The molecule has 3 aromatic rings. The van der Waals surface area contributed by atoms with Gasteiger partial charge in [-0.25, -0.2) is 23.8 Å². The number of hydrogen-bond donors (Lipinski definition) is 1. The summed E-state index contributed by atoms with van der Waals surface area (Å²) in [5.74, 6) is 0.145. The number of nitrogens with one attached hydrogen (secondary N) is 1. The second-order valence-corrected chi connectivity index (χ2v) is 8.41. The maximum Gasteiger partial charge on any atom is 0.435 e. The number of hydrogen-bond acceptors (Lipinski definition) is 8. The fourth-order valence-corrected chi connectivity index (χ4v) is 3.94. The summed E-state index contributed by atoms with van der Waals surface area (Å²) >= 11 is 0. The molecular weight excluding hydrogens is 507 g/mol. The molecule has 0 saturated carbocycles. The van der Waals surface area contributed by atoms with Crippen LogP contribution in [-0.2, 0) is 15.7 Å². The molecule has 37 heavy (non-hydrogen) atoms. The highest BCUT2D eigenvalue weighted by Gasteiger charge is 2.38. The van der Waals surface area contributed by atoms with Gasteiger partial charge in [0.2, 0.25) is 11.9 Å². The molecule has 1 saturated heterocycles. The van der Waals surface area contributed by atoms with E-state index in [-0.39, 0.29) is 36.6 Å². The van der Waals surface area contributed by atoms with Gasteiger partial charge in [-0.2, -0.15) is 23.4 Å². The average Bonchev–Trinajstić information content (AvgIpc) is 3.28. The number of alkyl halides is 5. The highest BCUT2D eigenvalue weighted by molar-refractivity contribution is 5.80. The van der Waals surface area contributed by atoms with Gasteiger partial charge in [-0.1, -0.05) is 0 Å². The van der Waals surface area contributed by atoms with Crippen LogP contribution < -0.4 is 10.5 Å². The van der Waals surface area contributed by atoms with E-state index < -0.39 is 35.3 Å². The molecule has 0 aromatic carbocycles. The van der Waals surface area contributed by atoms with Crippen LogP contribution in [0.2, 0.25) is 0 Å². The summed E-state index contributed by atoms with van der Waals surface area (Å²) < 4.78 is 71.9. The molecule has 4 rings (SSSR count). The van der Waals surface area contributed by atoms with E-state index in [0.717, 1.165) is 23.3 Å². The first-order valence-electron chi connectivity index (χ1n) is 11.3. The number of halogens is 5. The highest BCUT2D eigenvalue weighted by Crippen LogP contribution is 2.33. The van der Waals surface area contributed by atoms with Gasteiger partial charge in [0.05, 0.1) is 43.0 Å². The molecule has 16 heteroatoms. The zero-order valence-corrected chi connectivity index (χ0v) is 19.6. The van der Waals surface area contributed by atoms with Gasteiger partial charge < -0.3 is 14.5 Å². The minimum atomic E-state index is -4.82. The predicted octanol–water partition coefficient (Wildman–Crippen LogP) is 2.18. The van der Waals surface area contributed by atoms with Crippen molar-refractivity contribution in [3.05, 3.63) is 40.2 Å². The lowest BCUT2D eigenvalue weighted by Gasteiger charge is -2.34. The lowest BCUT2D eigenvalue weighted by Crippen LogP contribution is -2.49. The number of nitrogens with zero attached hydrogens (tertiary/aromatic N) is 7. The van der Waals surface area contributed by atoms with E-state index >= 15 is 0 Å². The van der Waals surface area contributed by atoms with E-state index in [1.54, 1.807) is 16.7 Å². The van der Waals surface area contributed by atoms with Crippen molar-refractivity contribution in [2.75, 3.05) is 44.3 Å². The molecule has 0 bridgehead atoms. The van der Waals surface area contributed by atoms with E-state index in [0.29, 0.717) is 32.1 Å². The average molecular weight is 530 g/mol. The number of rotatable bonds is 8. The van der Waals surface area contributed by atoms with Crippen molar-refractivity contribution in [1.82, 2.24) is 34.8 Å². The molecule has 1 fully saturated rings. The van der Waals surface area contributed by atoms with Crippen LogP contribution >= 0.6 is 0 Å². The Hall–Kier alpha value is -3.69. The molecule has 1 N–H and O–H groups in total. The van der Waals surface area contributed by atoms with E-state index in [9.17, 15) is 31.5 Å². The van der Waals surface area contributed by atoms with Gasteiger partial charge in [-0.15, -0.1) is 0 Å². The quantitative estimate of drug-likeness (QED) is 0.348. The fraction of sp³-hybridized carbons (Fsp3) is 0.524. The number of ether oxygens (including phenoxy) is 1. The van der Waals surface area contributed by atoms with Crippen LogP contribution in [0.4, 0.5) is 27.9 Å². The second kappa shape index (κ2) is 10.7. The first-order valence-corrected chi connectivity index (χ1v) is 11.3. The maximum absolute atomic E-state index is 13.4. The van der Waals surface area contributed by atoms with Crippen LogP contribution in [0.1, 0.15) is 37.1 Å². The Balaban J connectivity index is 1.26. The number of carbonyl (C=O) groups is 1. The third-order valence-corrected chi connectivity index (χ3v) is 5.86. The van der Waals surface area contributed by atoms with Gasteiger partial charge >= 0.3 is 6.18 Å². The van der Waals surface area contributed by atoms with Crippen molar-refractivity contribution < 1.29 is 31.5 Å². The number of piperazine rings is 1. The normalized spacial score (nSPS) is 15.5. The molecule has 0 spiro atoms. The molecule has 4 heterocycles. The summed E-state index contributed by atoms with van der Waals surface area (Å²) in [7, 11) is 0. The number of anilines is 1. The standard InChI is InChI=1S/C21H23F5N8O3/c1-12(34-14-10-29-30-19(36)16(14)17(31-34)21(24,25)26)11-37-7-2-15(35)32-3-5-33(6-4-32)20-27-8-13(9-28-20)18(22)23/h8-10,12,18H,2-7,11H2,1H3,(H,30,36). The molecule has 1 unspecified atom stereocenters. The van der Waals surface area contributed by atoms with E-state index in [1.165, 1.54) is 0 Å². The fourth-order valence-electron chi connectivity index (χ4n) is 3.94. The number of amides is 1. The van der Waals surface area contributed by atoms with Gasteiger partial charge in [0.15, 0.2) is 5.69 Å². The molecule has 3 aromatic heterocycles. The summed E-state index contributed by atoms with van der Waals surface area (Å²) in [5.41, 5.74) is -2.64. The number of carbonyl (C=O) groups excluding carboxylic acids is 1. The number of aromatic amines is 1. The molecule has 11 nitrogen and oxygen atoms in total. The Morgan fingerprint density at radius 1 is 1.14 bits per heavy atom. The molecule has 200 valence electrons. The Morgan fingerprint density at radius 3 is 2.43 bits per heavy atom. The zero-order chi connectivity index (χ0) is 26.7. The third-order valence-electron chi connectivity index (χ3n) is 5.86. The molecule has 1 amide bonds. The van der Waals surface area contributed by atoms with Gasteiger partial charge in [-0.3, -0.25) is 14.3 Å². The van der Waals surface area contributed by atoms with Crippen LogP contribution in [-0.4, -0.2) is 80.1 Å². The van der Waals surface area contributed by atoms with Crippen molar-refractivity contribution in [2.24, 2.45) is 0 Å². The molecule has 1 atom stereocenters. The highest BCUT2D eigenvalue weighted by atomic mass is 19.4. The van der Waals surface area contributed by atoms with Gasteiger partial charge in [-0.05, 0) is 6.92 Å². The molecule has 1 aliphatic rings. The molecule has 0 radical (unpaired) electrons. The molecular formula is C21H23F5N8O3. The Bertz CT molecular complexity index is 1290. The Kier molecular flexibility index (Phi) is 7.65. The van der Waals surface area contributed by atoms with Crippen LogP contribution in [0.15, 0.2) is 23.4 Å². The van der Waals surface area contributed by atoms with Crippen molar-refractivity contribution >= 4 is 22.8 Å². The Morgan fingerprint density at radius 2 is 1.81 bits per heavy atom. The van der Waals surface area contributed by atoms with Gasteiger partial charge in [0.25, 0.3) is 12.0 Å².